The average Bonchev–Trinajstić information content (AvgIpc) is 2.66. The molecule has 4 N–H and O–H groups in total. The van der Waals surface area contributed by atoms with E-state index in [1.54, 1.807) is 0 Å². The molecular formula is C14H20N2O2. The van der Waals surface area contributed by atoms with E-state index in [9.17, 15) is 9.90 Å². The highest BCUT2D eigenvalue weighted by molar-refractivity contribution is 5.82. The molecule has 1 amide bonds. The van der Waals surface area contributed by atoms with Crippen molar-refractivity contribution in [1.82, 2.24) is 5.32 Å². The molecule has 0 aromatic heterocycles. The Morgan fingerprint density at radius 3 is 3.00 bits per heavy atom. The van der Waals surface area contributed by atoms with Crippen LogP contribution in [0.3, 0.4) is 0 Å². The molecule has 3 atom stereocenters. The van der Waals surface area contributed by atoms with Crippen molar-refractivity contribution in [2.45, 2.75) is 44.4 Å². The van der Waals surface area contributed by atoms with Gasteiger partial charge in [-0.15, -0.1) is 0 Å². The predicted octanol–water partition coefficient (Wildman–Crippen LogP) is 0.888. The number of rotatable bonds is 4. The van der Waals surface area contributed by atoms with Crippen molar-refractivity contribution in [1.29, 1.82) is 0 Å². The summed E-state index contributed by atoms with van der Waals surface area (Å²) in [4.78, 5) is 11.9. The van der Waals surface area contributed by atoms with Crippen molar-refractivity contribution < 1.29 is 9.90 Å². The fourth-order valence-corrected chi connectivity index (χ4v) is 2.45. The number of carbonyl (C=O) groups is 1. The number of hydrogen-bond donors (Lipinski definition) is 3. The second kappa shape index (κ2) is 5.50. The summed E-state index contributed by atoms with van der Waals surface area (Å²) >= 11 is 0. The Kier molecular flexibility index (Phi) is 3.99. The standard InChI is InChI=1S/C14H20N2O2/c1-2-5-11(15)14(18)16-13-10-7-4-3-6-9(10)8-12(13)17/h3-4,6-7,11-13,17H,2,5,8,15H2,1H3,(H,16,18)/t11-,12-,13+/m1/s1. The summed E-state index contributed by atoms with van der Waals surface area (Å²) in [6.07, 6.45) is 1.57. The van der Waals surface area contributed by atoms with E-state index in [1.807, 2.05) is 31.2 Å². The molecule has 2 rings (SSSR count). The largest absolute Gasteiger partial charge is 0.390 e. The highest BCUT2D eigenvalue weighted by Gasteiger charge is 2.32. The van der Waals surface area contributed by atoms with Gasteiger partial charge in [-0.3, -0.25) is 4.79 Å². The van der Waals surface area contributed by atoms with E-state index in [0.29, 0.717) is 12.8 Å². The van der Waals surface area contributed by atoms with Gasteiger partial charge >= 0.3 is 0 Å². The number of fused-ring (bicyclic) bond motifs is 1. The van der Waals surface area contributed by atoms with E-state index in [4.69, 9.17) is 5.73 Å². The molecule has 1 aromatic carbocycles. The van der Waals surface area contributed by atoms with E-state index >= 15 is 0 Å². The first-order chi connectivity index (χ1) is 8.63. The molecule has 0 bridgehead atoms. The van der Waals surface area contributed by atoms with Crippen LogP contribution in [0.2, 0.25) is 0 Å². The predicted molar refractivity (Wildman–Crippen MR) is 69.9 cm³/mol. The van der Waals surface area contributed by atoms with Crippen molar-refractivity contribution in [2.75, 3.05) is 0 Å². The van der Waals surface area contributed by atoms with Gasteiger partial charge in [0.15, 0.2) is 0 Å². The minimum absolute atomic E-state index is 0.183. The molecule has 1 aliphatic carbocycles. The van der Waals surface area contributed by atoms with Crippen LogP contribution >= 0.6 is 0 Å². The third-order valence-corrected chi connectivity index (χ3v) is 3.44. The Labute approximate surface area is 107 Å². The lowest BCUT2D eigenvalue weighted by molar-refractivity contribution is -0.124. The van der Waals surface area contributed by atoms with E-state index < -0.39 is 12.1 Å². The summed E-state index contributed by atoms with van der Waals surface area (Å²) < 4.78 is 0. The van der Waals surface area contributed by atoms with Gasteiger partial charge in [-0.1, -0.05) is 37.6 Å². The minimum atomic E-state index is -0.555. The van der Waals surface area contributed by atoms with Crippen molar-refractivity contribution >= 4 is 5.91 Å². The minimum Gasteiger partial charge on any atom is -0.390 e. The summed E-state index contributed by atoms with van der Waals surface area (Å²) in [5.41, 5.74) is 7.88. The zero-order chi connectivity index (χ0) is 13.1. The Morgan fingerprint density at radius 1 is 1.56 bits per heavy atom. The summed E-state index contributed by atoms with van der Waals surface area (Å²) in [5, 5.41) is 12.9. The van der Waals surface area contributed by atoms with Crippen LogP contribution in [-0.4, -0.2) is 23.2 Å². The van der Waals surface area contributed by atoms with Gasteiger partial charge in [0.1, 0.15) is 0 Å². The fraction of sp³-hybridized carbons (Fsp3) is 0.500. The maximum atomic E-state index is 11.9. The highest BCUT2D eigenvalue weighted by atomic mass is 16.3. The quantitative estimate of drug-likeness (QED) is 0.740. The van der Waals surface area contributed by atoms with E-state index in [0.717, 1.165) is 17.5 Å². The number of amides is 1. The lowest BCUT2D eigenvalue weighted by Gasteiger charge is -2.20. The normalized spacial score (nSPS) is 23.5. The van der Waals surface area contributed by atoms with Gasteiger partial charge in [0.05, 0.1) is 18.2 Å². The first-order valence-corrected chi connectivity index (χ1v) is 6.45. The van der Waals surface area contributed by atoms with Crippen LogP contribution in [0.4, 0.5) is 0 Å². The molecule has 1 aromatic rings. The first kappa shape index (κ1) is 13.1. The maximum absolute atomic E-state index is 11.9. The van der Waals surface area contributed by atoms with Crippen molar-refractivity contribution in [3.63, 3.8) is 0 Å². The summed E-state index contributed by atoms with van der Waals surface area (Å²) in [6, 6.07) is 6.98. The molecule has 0 saturated heterocycles. The van der Waals surface area contributed by atoms with Gasteiger partial charge in [-0.25, -0.2) is 0 Å². The van der Waals surface area contributed by atoms with Crippen molar-refractivity contribution in [3.05, 3.63) is 35.4 Å². The van der Waals surface area contributed by atoms with Gasteiger partial charge in [-0.05, 0) is 17.5 Å². The Bertz CT molecular complexity index is 434. The number of aliphatic hydroxyl groups is 1. The Morgan fingerprint density at radius 2 is 2.28 bits per heavy atom. The van der Waals surface area contributed by atoms with E-state index in [2.05, 4.69) is 5.32 Å². The Hall–Kier alpha value is -1.39. The van der Waals surface area contributed by atoms with Crippen LogP contribution in [0.5, 0.6) is 0 Å². The smallest absolute Gasteiger partial charge is 0.237 e. The lowest BCUT2D eigenvalue weighted by atomic mass is 10.1. The maximum Gasteiger partial charge on any atom is 0.237 e. The molecule has 18 heavy (non-hydrogen) atoms. The molecule has 0 heterocycles. The van der Waals surface area contributed by atoms with Gasteiger partial charge in [0, 0.05) is 6.42 Å². The molecular weight excluding hydrogens is 228 g/mol. The summed E-state index contributed by atoms with van der Waals surface area (Å²) in [7, 11) is 0. The molecule has 0 saturated carbocycles. The van der Waals surface area contributed by atoms with Crippen LogP contribution in [-0.2, 0) is 11.2 Å². The van der Waals surface area contributed by atoms with Crippen LogP contribution in [0.15, 0.2) is 24.3 Å². The molecule has 0 aliphatic heterocycles. The van der Waals surface area contributed by atoms with Crippen LogP contribution in [0.1, 0.15) is 36.9 Å². The molecule has 1 aliphatic rings. The second-order valence-corrected chi connectivity index (χ2v) is 4.85. The zero-order valence-electron chi connectivity index (χ0n) is 10.6. The Balaban J connectivity index is 2.08. The molecule has 98 valence electrons. The summed E-state index contributed by atoms with van der Waals surface area (Å²) in [6.45, 7) is 1.99. The number of hydrogen-bond acceptors (Lipinski definition) is 3. The lowest BCUT2D eigenvalue weighted by Crippen LogP contribution is -2.44. The van der Waals surface area contributed by atoms with Gasteiger partial charge in [-0.2, -0.15) is 0 Å². The molecule has 0 fully saturated rings. The molecule has 4 nitrogen and oxygen atoms in total. The number of benzene rings is 1. The van der Waals surface area contributed by atoms with Gasteiger partial charge in [0.25, 0.3) is 0 Å². The second-order valence-electron chi connectivity index (χ2n) is 4.85. The van der Waals surface area contributed by atoms with Crippen LogP contribution < -0.4 is 11.1 Å². The summed E-state index contributed by atoms with van der Waals surface area (Å²) in [5.74, 6) is -0.183. The van der Waals surface area contributed by atoms with E-state index in [-0.39, 0.29) is 11.9 Å². The van der Waals surface area contributed by atoms with Gasteiger partial charge in [0.2, 0.25) is 5.91 Å². The van der Waals surface area contributed by atoms with E-state index in [1.165, 1.54) is 0 Å². The SMILES string of the molecule is CCC[C@@H](N)C(=O)N[C@H]1c2ccccc2C[C@H]1O. The van der Waals surface area contributed by atoms with Crippen molar-refractivity contribution in [2.24, 2.45) is 5.73 Å². The van der Waals surface area contributed by atoms with Gasteiger partial charge < -0.3 is 16.2 Å². The third-order valence-electron chi connectivity index (χ3n) is 3.44. The number of aliphatic hydroxyl groups excluding tert-OH is 1. The average molecular weight is 248 g/mol. The first-order valence-electron chi connectivity index (χ1n) is 6.45. The molecule has 4 heteroatoms. The third kappa shape index (κ3) is 2.54. The topological polar surface area (TPSA) is 75.4 Å². The number of carbonyl (C=O) groups excluding carboxylic acids is 1. The van der Waals surface area contributed by atoms with Crippen LogP contribution in [0.25, 0.3) is 0 Å². The monoisotopic (exact) mass is 248 g/mol. The highest BCUT2D eigenvalue weighted by Crippen LogP contribution is 2.31. The number of nitrogens with two attached hydrogens (primary N) is 1. The van der Waals surface area contributed by atoms with Crippen molar-refractivity contribution in [3.8, 4) is 0 Å². The molecule has 0 spiro atoms. The molecule has 0 radical (unpaired) electrons. The van der Waals surface area contributed by atoms with Crippen LogP contribution in [0, 0.1) is 0 Å². The number of nitrogens with one attached hydrogen (secondary N) is 1. The fourth-order valence-electron chi connectivity index (χ4n) is 2.45. The molecule has 0 unspecified atom stereocenters. The zero-order valence-corrected chi connectivity index (χ0v) is 10.6.